The van der Waals surface area contributed by atoms with Gasteiger partial charge in [-0.1, -0.05) is 23.2 Å². The number of aromatic nitrogens is 1. The Hall–Kier alpha value is -0.760. The maximum atomic E-state index is 11.4. The lowest BCUT2D eigenvalue weighted by molar-refractivity contribution is 0.387. The first-order valence-corrected chi connectivity index (χ1v) is 8.21. The fourth-order valence-corrected chi connectivity index (χ4v) is 3.23. The molecule has 2 rings (SSSR count). The van der Waals surface area contributed by atoms with Gasteiger partial charge in [0.1, 0.15) is 11.6 Å². The van der Waals surface area contributed by atoms with Crippen molar-refractivity contribution in [3.63, 3.8) is 0 Å². The van der Waals surface area contributed by atoms with E-state index in [1.54, 1.807) is 6.07 Å². The van der Waals surface area contributed by atoms with Gasteiger partial charge in [-0.3, -0.25) is 0 Å². The minimum atomic E-state index is -3.15. The molecule has 2 heterocycles. The normalized spacial score (nSPS) is 17.7. The van der Waals surface area contributed by atoms with Crippen LogP contribution in [0.15, 0.2) is 6.07 Å². The van der Waals surface area contributed by atoms with E-state index >= 15 is 0 Å². The first kappa shape index (κ1) is 14.6. The number of piperazine rings is 1. The lowest BCUT2D eigenvalue weighted by atomic mass is 10.3. The average molecular weight is 325 g/mol. The van der Waals surface area contributed by atoms with E-state index in [0.29, 0.717) is 42.0 Å². The second-order valence-electron chi connectivity index (χ2n) is 4.31. The van der Waals surface area contributed by atoms with Crippen molar-refractivity contribution < 1.29 is 8.42 Å². The molecule has 1 fully saturated rings. The van der Waals surface area contributed by atoms with E-state index in [1.807, 2.05) is 4.90 Å². The Bertz CT molecular complexity index is 585. The van der Waals surface area contributed by atoms with Crippen LogP contribution in [0.2, 0.25) is 10.0 Å². The van der Waals surface area contributed by atoms with Crippen LogP contribution in [0.4, 0.5) is 11.6 Å². The van der Waals surface area contributed by atoms with Gasteiger partial charge in [-0.05, 0) is 6.07 Å². The summed E-state index contributed by atoms with van der Waals surface area (Å²) in [5.74, 6) is 0.753. The molecule has 19 heavy (non-hydrogen) atoms. The van der Waals surface area contributed by atoms with Crippen molar-refractivity contribution in [1.29, 1.82) is 0 Å². The summed E-state index contributed by atoms with van der Waals surface area (Å²) in [6, 6.07) is 1.55. The van der Waals surface area contributed by atoms with Crippen molar-refractivity contribution in [2.24, 2.45) is 0 Å². The molecule has 1 saturated heterocycles. The van der Waals surface area contributed by atoms with Crippen molar-refractivity contribution in [3.8, 4) is 0 Å². The van der Waals surface area contributed by atoms with Crippen LogP contribution in [0.3, 0.4) is 0 Å². The van der Waals surface area contributed by atoms with Gasteiger partial charge in [-0.2, -0.15) is 4.31 Å². The molecule has 1 aliphatic heterocycles. The third-order valence-corrected chi connectivity index (χ3v) is 4.83. The molecule has 0 bridgehead atoms. The van der Waals surface area contributed by atoms with Gasteiger partial charge in [0.25, 0.3) is 0 Å². The molecule has 0 aliphatic carbocycles. The second kappa shape index (κ2) is 5.32. The number of hydrogen-bond acceptors (Lipinski definition) is 5. The summed E-state index contributed by atoms with van der Waals surface area (Å²) in [5, 5.41) is 0.718. The standard InChI is InChI=1S/C10H14Cl2N4O2S/c1-19(17,18)16-4-2-15(3-5-16)10-8(12)6-7(11)9(13)14-10/h6H,2-5H2,1H3,(H2,13,14). The van der Waals surface area contributed by atoms with Gasteiger partial charge in [-0.15, -0.1) is 0 Å². The molecular weight excluding hydrogens is 311 g/mol. The summed E-state index contributed by atoms with van der Waals surface area (Å²) in [6.45, 7) is 1.83. The number of hydrogen-bond donors (Lipinski definition) is 1. The van der Waals surface area contributed by atoms with Crippen LogP contribution in [-0.4, -0.2) is 50.1 Å². The minimum Gasteiger partial charge on any atom is -0.382 e. The van der Waals surface area contributed by atoms with Crippen molar-refractivity contribution >= 4 is 44.9 Å². The summed E-state index contributed by atoms with van der Waals surface area (Å²) in [7, 11) is -3.15. The number of nitrogen functional groups attached to an aromatic ring is 1. The van der Waals surface area contributed by atoms with Crippen LogP contribution in [0.5, 0.6) is 0 Å². The number of sulfonamides is 1. The molecule has 0 radical (unpaired) electrons. The average Bonchev–Trinajstić information content (AvgIpc) is 2.33. The first-order chi connectivity index (χ1) is 8.79. The number of pyridine rings is 1. The summed E-state index contributed by atoms with van der Waals surface area (Å²) in [4.78, 5) is 6.05. The summed E-state index contributed by atoms with van der Waals surface area (Å²) in [6.07, 6.45) is 1.20. The molecule has 0 spiro atoms. The molecular formula is C10H14Cl2N4O2S. The Labute approximate surface area is 122 Å². The minimum absolute atomic E-state index is 0.214. The Balaban J connectivity index is 2.16. The number of rotatable bonds is 2. The zero-order valence-electron chi connectivity index (χ0n) is 10.3. The number of nitrogens with zero attached hydrogens (tertiary/aromatic N) is 3. The second-order valence-corrected chi connectivity index (χ2v) is 7.11. The highest BCUT2D eigenvalue weighted by molar-refractivity contribution is 7.88. The summed E-state index contributed by atoms with van der Waals surface area (Å²) in [5.41, 5.74) is 5.66. The molecule has 0 amide bonds. The molecule has 106 valence electrons. The van der Waals surface area contributed by atoms with Crippen LogP contribution in [0.25, 0.3) is 0 Å². The highest BCUT2D eigenvalue weighted by Crippen LogP contribution is 2.30. The Morgan fingerprint density at radius 1 is 1.21 bits per heavy atom. The first-order valence-electron chi connectivity index (χ1n) is 5.60. The van der Waals surface area contributed by atoms with E-state index < -0.39 is 10.0 Å². The molecule has 0 atom stereocenters. The predicted octanol–water partition coefficient (Wildman–Crippen LogP) is 1.05. The van der Waals surface area contributed by atoms with E-state index in [-0.39, 0.29) is 5.82 Å². The quantitative estimate of drug-likeness (QED) is 0.879. The topological polar surface area (TPSA) is 79.5 Å². The van der Waals surface area contributed by atoms with E-state index in [2.05, 4.69) is 4.98 Å². The fourth-order valence-electron chi connectivity index (χ4n) is 1.92. The highest BCUT2D eigenvalue weighted by Gasteiger charge is 2.25. The maximum absolute atomic E-state index is 11.4. The van der Waals surface area contributed by atoms with Crippen LogP contribution in [-0.2, 0) is 10.0 Å². The Morgan fingerprint density at radius 3 is 2.32 bits per heavy atom. The third kappa shape index (κ3) is 3.22. The van der Waals surface area contributed by atoms with E-state index in [0.717, 1.165) is 0 Å². The van der Waals surface area contributed by atoms with Gasteiger partial charge < -0.3 is 10.6 Å². The molecule has 0 unspecified atom stereocenters. The SMILES string of the molecule is CS(=O)(=O)N1CCN(c2nc(N)c(Cl)cc2Cl)CC1. The molecule has 2 N–H and O–H groups in total. The Morgan fingerprint density at radius 2 is 1.79 bits per heavy atom. The van der Waals surface area contributed by atoms with Crippen molar-refractivity contribution in [2.45, 2.75) is 0 Å². The molecule has 1 aliphatic rings. The van der Waals surface area contributed by atoms with Gasteiger partial charge in [0.05, 0.1) is 16.3 Å². The van der Waals surface area contributed by atoms with Crippen molar-refractivity contribution in [3.05, 3.63) is 16.1 Å². The van der Waals surface area contributed by atoms with E-state index in [9.17, 15) is 8.42 Å². The third-order valence-electron chi connectivity index (χ3n) is 2.95. The number of nitrogens with two attached hydrogens (primary N) is 1. The maximum Gasteiger partial charge on any atom is 0.211 e. The van der Waals surface area contributed by atoms with Gasteiger partial charge in [0, 0.05) is 26.2 Å². The van der Waals surface area contributed by atoms with Gasteiger partial charge in [-0.25, -0.2) is 13.4 Å². The zero-order chi connectivity index (χ0) is 14.2. The van der Waals surface area contributed by atoms with E-state index in [4.69, 9.17) is 28.9 Å². The molecule has 0 aromatic carbocycles. The molecule has 6 nitrogen and oxygen atoms in total. The molecule has 9 heteroatoms. The van der Waals surface area contributed by atoms with Crippen molar-refractivity contribution in [1.82, 2.24) is 9.29 Å². The number of anilines is 2. The highest BCUT2D eigenvalue weighted by atomic mass is 35.5. The zero-order valence-corrected chi connectivity index (χ0v) is 12.6. The smallest absolute Gasteiger partial charge is 0.211 e. The lowest BCUT2D eigenvalue weighted by Crippen LogP contribution is -2.48. The van der Waals surface area contributed by atoms with E-state index in [1.165, 1.54) is 10.6 Å². The lowest BCUT2D eigenvalue weighted by Gasteiger charge is -2.34. The summed E-state index contributed by atoms with van der Waals surface area (Å²) >= 11 is 11.9. The van der Waals surface area contributed by atoms with Crippen LogP contribution >= 0.6 is 23.2 Å². The van der Waals surface area contributed by atoms with Crippen LogP contribution in [0.1, 0.15) is 0 Å². The largest absolute Gasteiger partial charge is 0.382 e. The molecule has 1 aromatic rings. The predicted molar refractivity (Wildman–Crippen MR) is 77.3 cm³/mol. The van der Waals surface area contributed by atoms with Gasteiger partial charge in [0.15, 0.2) is 0 Å². The Kier molecular flexibility index (Phi) is 4.10. The van der Waals surface area contributed by atoms with Gasteiger partial charge >= 0.3 is 0 Å². The number of halogens is 2. The summed E-state index contributed by atoms with van der Waals surface area (Å²) < 4.78 is 24.3. The monoisotopic (exact) mass is 324 g/mol. The van der Waals surface area contributed by atoms with Crippen molar-refractivity contribution in [2.75, 3.05) is 43.1 Å². The van der Waals surface area contributed by atoms with Crippen LogP contribution in [0, 0.1) is 0 Å². The molecule has 0 saturated carbocycles. The van der Waals surface area contributed by atoms with Gasteiger partial charge in [0.2, 0.25) is 10.0 Å². The van der Waals surface area contributed by atoms with Crippen LogP contribution < -0.4 is 10.6 Å². The fraction of sp³-hybridized carbons (Fsp3) is 0.500. The molecule has 1 aromatic heterocycles.